The Morgan fingerprint density at radius 1 is 1.20 bits per heavy atom. The van der Waals surface area contributed by atoms with E-state index in [-0.39, 0.29) is 19.4 Å². The first-order chi connectivity index (χ1) is 19.1. The maximum absolute atomic E-state index is 14.3. The summed E-state index contributed by atoms with van der Waals surface area (Å²) in [5.74, 6) is -1.75. The largest absolute Gasteiger partial charge is 0.472 e. The lowest BCUT2D eigenvalue weighted by molar-refractivity contribution is -0.141. The number of nitrogens with zero attached hydrogens (tertiary/aromatic N) is 2. The first-order valence-corrected chi connectivity index (χ1v) is 15.7. The molecule has 0 bridgehead atoms. The standard InChI is InChI=1S/C28H33BrN4O7S/c1-5-17-13-27(17,23(34)32-41(38,39)20-8-9-20)31-24(35)28(26(2,3)4)14-19(15-33(28)25(36)37)40-22-21-12-18(29)7-6-16(21)10-11-30-22/h5-7,10-12,17,19-20H,1,8-9,13-15H2,2-4H3,(H,31,35)(H,32,34)(H,36,37)/t17-,19-,27-,28-/m1/s1. The average Bonchev–Trinajstić information content (AvgIpc) is 3.80. The summed E-state index contributed by atoms with van der Waals surface area (Å²) in [5, 5.41) is 14.0. The fourth-order valence-electron chi connectivity index (χ4n) is 5.84. The molecule has 2 heterocycles. The minimum absolute atomic E-state index is 0.0163. The quantitative estimate of drug-likeness (QED) is 0.367. The predicted molar refractivity (Wildman–Crippen MR) is 155 cm³/mol. The number of halogens is 1. The number of benzene rings is 1. The molecular weight excluding hydrogens is 616 g/mol. The van der Waals surface area contributed by atoms with Crippen molar-refractivity contribution in [3.63, 3.8) is 0 Å². The molecule has 1 saturated heterocycles. The molecule has 11 nitrogen and oxygen atoms in total. The van der Waals surface area contributed by atoms with E-state index in [2.05, 4.69) is 37.5 Å². The number of carboxylic acid groups (broad SMARTS) is 1. The Morgan fingerprint density at radius 2 is 1.90 bits per heavy atom. The number of fused-ring (bicyclic) bond motifs is 1. The summed E-state index contributed by atoms with van der Waals surface area (Å²) in [4.78, 5) is 45.6. The van der Waals surface area contributed by atoms with E-state index in [9.17, 15) is 27.9 Å². The molecule has 2 aliphatic carbocycles. The third-order valence-electron chi connectivity index (χ3n) is 8.43. The van der Waals surface area contributed by atoms with Crippen LogP contribution in [0.5, 0.6) is 5.88 Å². The van der Waals surface area contributed by atoms with E-state index in [0.29, 0.717) is 18.7 Å². The zero-order valence-electron chi connectivity index (χ0n) is 23.0. The van der Waals surface area contributed by atoms with Gasteiger partial charge in [0.05, 0.1) is 11.8 Å². The lowest BCUT2D eigenvalue weighted by Crippen LogP contribution is -2.67. The normalized spacial score (nSPS) is 27.8. The van der Waals surface area contributed by atoms with Crippen molar-refractivity contribution in [1.82, 2.24) is 19.9 Å². The Morgan fingerprint density at radius 3 is 2.49 bits per heavy atom. The van der Waals surface area contributed by atoms with Gasteiger partial charge in [0, 0.05) is 28.4 Å². The van der Waals surface area contributed by atoms with E-state index in [1.54, 1.807) is 27.0 Å². The lowest BCUT2D eigenvalue weighted by atomic mass is 9.70. The van der Waals surface area contributed by atoms with Crippen molar-refractivity contribution in [2.75, 3.05) is 6.54 Å². The summed E-state index contributed by atoms with van der Waals surface area (Å²) < 4.78 is 34.3. The number of likely N-dealkylation sites (tertiary alicyclic amines) is 1. The van der Waals surface area contributed by atoms with Gasteiger partial charge in [-0.1, -0.05) is 48.8 Å². The molecule has 0 spiro atoms. The number of carbonyl (C=O) groups is 3. The number of carbonyl (C=O) groups excluding carboxylic acids is 2. The highest BCUT2D eigenvalue weighted by molar-refractivity contribution is 9.10. The van der Waals surface area contributed by atoms with Gasteiger partial charge in [0.15, 0.2) is 0 Å². The topological polar surface area (TPSA) is 155 Å². The van der Waals surface area contributed by atoms with E-state index < -0.39 is 61.7 Å². The number of ether oxygens (including phenoxy) is 1. The molecule has 0 radical (unpaired) electrons. The van der Waals surface area contributed by atoms with Gasteiger partial charge in [0.1, 0.15) is 17.2 Å². The van der Waals surface area contributed by atoms with Crippen LogP contribution in [0.4, 0.5) is 4.79 Å². The van der Waals surface area contributed by atoms with Gasteiger partial charge in [-0.05, 0) is 48.3 Å². The average molecular weight is 650 g/mol. The fourth-order valence-corrected chi connectivity index (χ4v) is 7.56. The molecule has 1 aromatic carbocycles. The molecule has 1 aliphatic heterocycles. The van der Waals surface area contributed by atoms with E-state index in [1.165, 1.54) is 6.08 Å². The molecule has 4 atom stereocenters. The molecule has 3 N–H and O–H groups in total. The second kappa shape index (κ2) is 9.97. The molecule has 3 aliphatic rings. The number of hydrogen-bond donors (Lipinski definition) is 3. The summed E-state index contributed by atoms with van der Waals surface area (Å²) >= 11 is 3.46. The van der Waals surface area contributed by atoms with Crippen LogP contribution < -0.4 is 14.8 Å². The lowest BCUT2D eigenvalue weighted by Gasteiger charge is -2.45. The van der Waals surface area contributed by atoms with E-state index in [4.69, 9.17) is 4.74 Å². The zero-order valence-corrected chi connectivity index (χ0v) is 25.4. The van der Waals surface area contributed by atoms with Gasteiger partial charge in [-0.2, -0.15) is 0 Å². The molecule has 5 rings (SSSR count). The highest BCUT2D eigenvalue weighted by Crippen LogP contribution is 2.49. The van der Waals surface area contributed by atoms with Crippen LogP contribution >= 0.6 is 15.9 Å². The van der Waals surface area contributed by atoms with Gasteiger partial charge in [-0.3, -0.25) is 19.2 Å². The van der Waals surface area contributed by atoms with Crippen molar-refractivity contribution in [1.29, 1.82) is 0 Å². The van der Waals surface area contributed by atoms with Crippen LogP contribution in [-0.4, -0.2) is 70.3 Å². The van der Waals surface area contributed by atoms with Crippen LogP contribution in [0.15, 0.2) is 47.6 Å². The Bertz CT molecular complexity index is 1550. The van der Waals surface area contributed by atoms with Gasteiger partial charge in [0.25, 0.3) is 5.91 Å². The Kier molecular flexibility index (Phi) is 7.13. The SMILES string of the molecule is C=C[C@@H]1C[C@]1(NC(=O)[C@@]1(C(C)(C)C)C[C@@H](Oc2nccc3ccc(Br)cc23)CN1C(=O)O)C(=O)NS(=O)(=O)C1CC1. The maximum Gasteiger partial charge on any atom is 0.408 e. The first-order valence-electron chi connectivity index (χ1n) is 13.4. The maximum atomic E-state index is 14.3. The summed E-state index contributed by atoms with van der Waals surface area (Å²) in [5.41, 5.74) is -4.14. The number of nitrogens with one attached hydrogen (secondary N) is 2. The predicted octanol–water partition coefficient (Wildman–Crippen LogP) is 3.58. The number of sulfonamides is 1. The molecular formula is C28H33BrN4O7S. The second-order valence-corrected chi connectivity index (χ2v) is 15.0. The van der Waals surface area contributed by atoms with Crippen LogP contribution in [0.2, 0.25) is 0 Å². The third kappa shape index (κ3) is 5.07. The van der Waals surface area contributed by atoms with Gasteiger partial charge in [-0.25, -0.2) is 18.2 Å². The van der Waals surface area contributed by atoms with E-state index in [0.717, 1.165) is 20.1 Å². The summed E-state index contributed by atoms with van der Waals surface area (Å²) in [6.45, 7) is 8.86. The number of hydrogen-bond acceptors (Lipinski definition) is 7. The molecule has 2 saturated carbocycles. The van der Waals surface area contributed by atoms with Gasteiger partial charge >= 0.3 is 6.09 Å². The Balaban J connectivity index is 1.47. The monoisotopic (exact) mass is 648 g/mol. The fraction of sp³-hybridized carbons (Fsp3) is 0.500. The van der Waals surface area contributed by atoms with Crippen LogP contribution in [0.3, 0.4) is 0 Å². The summed E-state index contributed by atoms with van der Waals surface area (Å²) in [6.07, 6.45) is 2.11. The minimum atomic E-state index is -3.87. The van der Waals surface area contributed by atoms with Crippen molar-refractivity contribution in [3.05, 3.63) is 47.6 Å². The van der Waals surface area contributed by atoms with Crippen molar-refractivity contribution in [2.24, 2.45) is 11.3 Å². The van der Waals surface area contributed by atoms with E-state index in [1.807, 2.05) is 24.3 Å². The Hall–Kier alpha value is -3.19. The van der Waals surface area contributed by atoms with Crippen molar-refractivity contribution in [3.8, 4) is 5.88 Å². The van der Waals surface area contributed by atoms with E-state index >= 15 is 0 Å². The van der Waals surface area contributed by atoms with Crippen molar-refractivity contribution >= 4 is 54.6 Å². The summed E-state index contributed by atoms with van der Waals surface area (Å²) in [7, 11) is -3.87. The molecule has 41 heavy (non-hydrogen) atoms. The number of amides is 3. The highest BCUT2D eigenvalue weighted by Gasteiger charge is 2.66. The Labute approximate surface area is 246 Å². The van der Waals surface area contributed by atoms with Gasteiger partial charge in [0.2, 0.25) is 21.8 Å². The van der Waals surface area contributed by atoms with Gasteiger partial charge in [-0.15, -0.1) is 6.58 Å². The van der Waals surface area contributed by atoms with Crippen LogP contribution in [0.25, 0.3) is 10.8 Å². The number of aromatic nitrogens is 1. The molecule has 2 aromatic rings. The molecule has 13 heteroatoms. The van der Waals surface area contributed by atoms with Crippen LogP contribution in [0.1, 0.15) is 46.5 Å². The second-order valence-electron chi connectivity index (χ2n) is 12.1. The highest BCUT2D eigenvalue weighted by atomic mass is 79.9. The molecule has 1 aromatic heterocycles. The smallest absolute Gasteiger partial charge is 0.408 e. The molecule has 3 amide bonds. The number of pyridine rings is 1. The zero-order chi connectivity index (χ0) is 30.0. The molecule has 0 unspecified atom stereocenters. The summed E-state index contributed by atoms with van der Waals surface area (Å²) in [6, 6.07) is 7.48. The first kappa shape index (κ1) is 29.3. The van der Waals surface area contributed by atoms with Crippen LogP contribution in [-0.2, 0) is 19.6 Å². The van der Waals surface area contributed by atoms with Crippen LogP contribution in [0, 0.1) is 11.3 Å². The van der Waals surface area contributed by atoms with Crippen molar-refractivity contribution < 1.29 is 32.6 Å². The third-order valence-corrected chi connectivity index (χ3v) is 10.7. The minimum Gasteiger partial charge on any atom is -0.472 e. The van der Waals surface area contributed by atoms with Gasteiger partial charge < -0.3 is 15.2 Å². The van der Waals surface area contributed by atoms with Crippen molar-refractivity contribution in [2.45, 2.75) is 68.9 Å². The number of rotatable bonds is 8. The molecule has 220 valence electrons. The molecule has 3 fully saturated rings.